The van der Waals surface area contributed by atoms with Crippen molar-refractivity contribution in [3.8, 4) is 0 Å². The van der Waals surface area contributed by atoms with Crippen LogP contribution in [0.4, 0.5) is 0 Å². The summed E-state index contributed by atoms with van der Waals surface area (Å²) in [6, 6.07) is 19.1. The van der Waals surface area contributed by atoms with Gasteiger partial charge in [-0.2, -0.15) is 0 Å². The van der Waals surface area contributed by atoms with Gasteiger partial charge in [-0.1, -0.05) is 60.2 Å². The van der Waals surface area contributed by atoms with Gasteiger partial charge in [-0.05, 0) is 39.1 Å². The van der Waals surface area contributed by atoms with Crippen LogP contribution in [0.25, 0.3) is 0 Å². The third-order valence-corrected chi connectivity index (χ3v) is 3.86. The van der Waals surface area contributed by atoms with Gasteiger partial charge >= 0.3 is 0 Å². The minimum absolute atomic E-state index is 0.412. The molecule has 2 aromatic carbocycles. The van der Waals surface area contributed by atoms with Crippen LogP contribution in [0.3, 0.4) is 0 Å². The van der Waals surface area contributed by atoms with Gasteiger partial charge in [-0.25, -0.2) is 0 Å². The molecule has 0 saturated carbocycles. The van der Waals surface area contributed by atoms with Crippen molar-refractivity contribution in [3.05, 3.63) is 71.3 Å². The number of ether oxygens (including phenoxy) is 1. The van der Waals surface area contributed by atoms with Gasteiger partial charge in [0, 0.05) is 6.54 Å². The molecule has 0 aliphatic carbocycles. The minimum atomic E-state index is -0.412. The first-order valence-electron chi connectivity index (χ1n) is 7.44. The van der Waals surface area contributed by atoms with E-state index in [4.69, 9.17) is 4.74 Å². The summed E-state index contributed by atoms with van der Waals surface area (Å²) in [6.07, 6.45) is 0. The fourth-order valence-corrected chi connectivity index (χ4v) is 2.39. The maximum atomic E-state index is 6.31. The van der Waals surface area contributed by atoms with E-state index >= 15 is 0 Å². The van der Waals surface area contributed by atoms with E-state index in [-0.39, 0.29) is 0 Å². The molecular formula is C19H25NO. The summed E-state index contributed by atoms with van der Waals surface area (Å²) in [5, 5.41) is 0. The van der Waals surface area contributed by atoms with E-state index in [2.05, 4.69) is 81.4 Å². The van der Waals surface area contributed by atoms with Gasteiger partial charge in [0.05, 0.1) is 6.61 Å². The molecule has 112 valence electrons. The van der Waals surface area contributed by atoms with E-state index in [1.54, 1.807) is 0 Å². The lowest BCUT2D eigenvalue weighted by Crippen LogP contribution is -2.31. The molecule has 0 amide bonds. The zero-order valence-electron chi connectivity index (χ0n) is 13.5. The van der Waals surface area contributed by atoms with Crippen LogP contribution in [-0.2, 0) is 10.3 Å². The summed E-state index contributed by atoms with van der Waals surface area (Å²) in [7, 11) is 4.13. The van der Waals surface area contributed by atoms with Crippen molar-refractivity contribution in [1.29, 1.82) is 0 Å². The summed E-state index contributed by atoms with van der Waals surface area (Å²) in [5.41, 5.74) is 3.23. The van der Waals surface area contributed by atoms with Crippen molar-refractivity contribution in [3.63, 3.8) is 0 Å². The van der Waals surface area contributed by atoms with E-state index in [1.807, 2.05) is 6.07 Å². The summed E-state index contributed by atoms with van der Waals surface area (Å²) in [5.74, 6) is 0. The fourth-order valence-electron chi connectivity index (χ4n) is 2.39. The maximum absolute atomic E-state index is 6.31. The van der Waals surface area contributed by atoms with Crippen LogP contribution in [0, 0.1) is 6.92 Å². The van der Waals surface area contributed by atoms with Gasteiger partial charge in [0.1, 0.15) is 5.60 Å². The Balaban J connectivity index is 2.31. The first kappa shape index (κ1) is 15.7. The predicted octanol–water partition coefficient (Wildman–Crippen LogP) is 3.84. The Morgan fingerprint density at radius 1 is 0.905 bits per heavy atom. The molecule has 1 atom stereocenters. The van der Waals surface area contributed by atoms with E-state index in [0.29, 0.717) is 6.61 Å². The standard InChI is InChI=1S/C19H25NO/c1-16-10-12-18(13-11-16)19(2,21-15-14-20(3)4)17-8-6-5-7-9-17/h5-13H,14-15H2,1-4H3. The third kappa shape index (κ3) is 3.93. The minimum Gasteiger partial charge on any atom is -0.365 e. The second-order valence-electron chi connectivity index (χ2n) is 5.92. The largest absolute Gasteiger partial charge is 0.365 e. The second-order valence-corrected chi connectivity index (χ2v) is 5.92. The summed E-state index contributed by atoms with van der Waals surface area (Å²) >= 11 is 0. The Morgan fingerprint density at radius 2 is 1.48 bits per heavy atom. The molecule has 2 heteroatoms. The van der Waals surface area contributed by atoms with Crippen molar-refractivity contribution < 1.29 is 4.74 Å². The molecule has 0 aliphatic rings. The summed E-state index contributed by atoms with van der Waals surface area (Å²) < 4.78 is 6.31. The quantitative estimate of drug-likeness (QED) is 0.798. The van der Waals surface area contributed by atoms with Crippen LogP contribution in [0.2, 0.25) is 0 Å². The van der Waals surface area contributed by atoms with Gasteiger partial charge in [0.15, 0.2) is 0 Å². The monoisotopic (exact) mass is 283 g/mol. The second kappa shape index (κ2) is 6.88. The van der Waals surface area contributed by atoms with Crippen molar-refractivity contribution in [1.82, 2.24) is 4.90 Å². The molecule has 0 heterocycles. The van der Waals surface area contributed by atoms with E-state index < -0.39 is 5.60 Å². The van der Waals surface area contributed by atoms with E-state index in [0.717, 1.165) is 6.54 Å². The van der Waals surface area contributed by atoms with Crippen molar-refractivity contribution in [2.75, 3.05) is 27.2 Å². The normalized spacial score (nSPS) is 14.1. The number of hydrogen-bond donors (Lipinski definition) is 0. The molecule has 2 rings (SSSR count). The maximum Gasteiger partial charge on any atom is 0.115 e. The zero-order chi connectivity index (χ0) is 15.3. The highest BCUT2D eigenvalue weighted by Gasteiger charge is 2.29. The van der Waals surface area contributed by atoms with Crippen molar-refractivity contribution in [2.24, 2.45) is 0 Å². The van der Waals surface area contributed by atoms with Gasteiger partial charge in [-0.3, -0.25) is 0 Å². The zero-order valence-corrected chi connectivity index (χ0v) is 13.5. The van der Waals surface area contributed by atoms with Crippen LogP contribution in [0.5, 0.6) is 0 Å². The lowest BCUT2D eigenvalue weighted by atomic mass is 9.87. The van der Waals surface area contributed by atoms with Crippen LogP contribution < -0.4 is 0 Å². The smallest absolute Gasteiger partial charge is 0.115 e. The average Bonchev–Trinajstić information content (AvgIpc) is 2.48. The molecule has 0 bridgehead atoms. The SMILES string of the molecule is Cc1ccc(C(C)(OCCN(C)C)c2ccccc2)cc1. The summed E-state index contributed by atoms with van der Waals surface area (Å²) in [6.45, 7) is 5.87. The van der Waals surface area contributed by atoms with Crippen LogP contribution in [0.1, 0.15) is 23.6 Å². The number of nitrogens with zero attached hydrogens (tertiary/aromatic N) is 1. The highest BCUT2D eigenvalue weighted by molar-refractivity contribution is 5.36. The highest BCUT2D eigenvalue weighted by Crippen LogP contribution is 2.33. The lowest BCUT2D eigenvalue weighted by Gasteiger charge is -2.32. The average molecular weight is 283 g/mol. The van der Waals surface area contributed by atoms with E-state index in [1.165, 1.54) is 16.7 Å². The van der Waals surface area contributed by atoms with Gasteiger partial charge in [-0.15, -0.1) is 0 Å². The van der Waals surface area contributed by atoms with Crippen LogP contribution in [0.15, 0.2) is 54.6 Å². The number of benzene rings is 2. The molecule has 0 spiro atoms. The van der Waals surface area contributed by atoms with Crippen molar-refractivity contribution in [2.45, 2.75) is 19.4 Å². The van der Waals surface area contributed by atoms with Gasteiger partial charge < -0.3 is 9.64 Å². The summed E-state index contributed by atoms with van der Waals surface area (Å²) in [4.78, 5) is 2.14. The Kier molecular flexibility index (Phi) is 5.16. The van der Waals surface area contributed by atoms with Gasteiger partial charge in [0.2, 0.25) is 0 Å². The molecule has 0 N–H and O–H groups in total. The lowest BCUT2D eigenvalue weighted by molar-refractivity contribution is -0.0101. The topological polar surface area (TPSA) is 12.5 Å². The number of aryl methyl sites for hydroxylation is 1. The molecule has 0 radical (unpaired) electrons. The van der Waals surface area contributed by atoms with Crippen molar-refractivity contribution >= 4 is 0 Å². The molecule has 0 fully saturated rings. The molecule has 21 heavy (non-hydrogen) atoms. The molecule has 0 saturated heterocycles. The molecule has 1 unspecified atom stereocenters. The fraction of sp³-hybridized carbons (Fsp3) is 0.368. The van der Waals surface area contributed by atoms with E-state index in [9.17, 15) is 0 Å². The molecule has 0 aromatic heterocycles. The Labute approximate surface area is 128 Å². The third-order valence-electron chi connectivity index (χ3n) is 3.86. The molecule has 2 aromatic rings. The number of rotatable bonds is 6. The highest BCUT2D eigenvalue weighted by atomic mass is 16.5. The van der Waals surface area contributed by atoms with Crippen LogP contribution >= 0.6 is 0 Å². The molecule has 0 aliphatic heterocycles. The Bertz CT molecular complexity index is 548. The Hall–Kier alpha value is -1.64. The molecular weight excluding hydrogens is 258 g/mol. The first-order chi connectivity index (χ1) is 10.0. The van der Waals surface area contributed by atoms with Crippen LogP contribution in [-0.4, -0.2) is 32.1 Å². The number of hydrogen-bond acceptors (Lipinski definition) is 2. The number of likely N-dealkylation sites (N-methyl/N-ethyl adjacent to an activating group) is 1. The first-order valence-corrected chi connectivity index (χ1v) is 7.44. The Morgan fingerprint density at radius 3 is 2.05 bits per heavy atom. The predicted molar refractivity (Wildman–Crippen MR) is 88.6 cm³/mol. The van der Waals surface area contributed by atoms with Gasteiger partial charge in [0.25, 0.3) is 0 Å². The molecule has 2 nitrogen and oxygen atoms in total.